The summed E-state index contributed by atoms with van der Waals surface area (Å²) in [4.78, 5) is 27.9. The molecule has 168 valence electrons. The Morgan fingerprint density at radius 2 is 2.12 bits per heavy atom. The van der Waals surface area contributed by atoms with Gasteiger partial charge in [-0.1, -0.05) is 0 Å². The first-order valence-corrected chi connectivity index (χ1v) is 11.0. The molecule has 2 aliphatic rings. The second-order valence-electron chi connectivity index (χ2n) is 9.33. The number of rotatable bonds is 7. The minimum absolute atomic E-state index is 0.0546. The summed E-state index contributed by atoms with van der Waals surface area (Å²) in [6.45, 7) is 5.82. The van der Waals surface area contributed by atoms with Crippen LogP contribution >= 0.6 is 0 Å². The smallest absolute Gasteiger partial charge is 0.331 e. The normalized spacial score (nSPS) is 19.8. The van der Waals surface area contributed by atoms with E-state index < -0.39 is 11.5 Å². The number of aliphatic carboxylic acids is 1. The Hall–Kier alpha value is -3.36. The molecule has 3 aromatic rings. The fourth-order valence-corrected chi connectivity index (χ4v) is 4.14. The molecule has 1 unspecified atom stereocenters. The van der Waals surface area contributed by atoms with E-state index in [1.54, 1.807) is 26.1 Å². The first kappa shape index (κ1) is 20.5. The van der Waals surface area contributed by atoms with E-state index in [1.807, 2.05) is 25.4 Å². The predicted octanol–water partition coefficient (Wildman–Crippen LogP) is 2.96. The molecule has 1 aliphatic carbocycles. The molecule has 1 aliphatic heterocycles. The lowest BCUT2D eigenvalue weighted by molar-refractivity contribution is -0.146. The first-order chi connectivity index (χ1) is 15.2. The second-order valence-corrected chi connectivity index (χ2v) is 9.33. The minimum Gasteiger partial charge on any atom is -0.488 e. The summed E-state index contributed by atoms with van der Waals surface area (Å²) >= 11 is 0. The third kappa shape index (κ3) is 3.51. The van der Waals surface area contributed by atoms with Crippen LogP contribution in [0.3, 0.4) is 0 Å². The van der Waals surface area contributed by atoms with Crippen molar-refractivity contribution in [1.82, 2.24) is 24.6 Å². The number of carboxylic acids is 1. The molecular weight excluding hydrogens is 410 g/mol. The molecular formula is C23H27N5O4. The van der Waals surface area contributed by atoms with Crippen LogP contribution in [0.5, 0.6) is 5.75 Å². The van der Waals surface area contributed by atoms with Gasteiger partial charge in [-0.05, 0) is 51.8 Å². The van der Waals surface area contributed by atoms with Gasteiger partial charge in [0.1, 0.15) is 17.4 Å². The van der Waals surface area contributed by atoms with Gasteiger partial charge in [-0.15, -0.1) is 0 Å². The van der Waals surface area contributed by atoms with E-state index in [2.05, 4.69) is 20.0 Å². The van der Waals surface area contributed by atoms with Gasteiger partial charge in [0.25, 0.3) is 0 Å². The number of imidazole rings is 1. The molecule has 1 saturated heterocycles. The van der Waals surface area contributed by atoms with Gasteiger partial charge in [-0.3, -0.25) is 9.48 Å². The number of amides is 1. The SMILES string of the molecule is C[C@@H](Oc1cc(-c2ccn(C(C)(C)C(=O)O)n2)cc2ncn(C3CC3)c12)C1CNC(=O)C1. The molecule has 9 heteroatoms. The molecule has 1 aromatic carbocycles. The Balaban J connectivity index is 1.54. The number of hydrogen-bond donors (Lipinski definition) is 2. The molecule has 0 bridgehead atoms. The number of hydrogen-bond acceptors (Lipinski definition) is 5. The van der Waals surface area contributed by atoms with Crippen LogP contribution in [0.1, 0.15) is 46.1 Å². The molecule has 2 atom stereocenters. The van der Waals surface area contributed by atoms with E-state index in [1.165, 1.54) is 4.68 Å². The van der Waals surface area contributed by atoms with E-state index in [9.17, 15) is 14.7 Å². The fraction of sp³-hybridized carbons (Fsp3) is 0.478. The summed E-state index contributed by atoms with van der Waals surface area (Å²) in [5, 5.41) is 16.9. The minimum atomic E-state index is -1.16. The van der Waals surface area contributed by atoms with Crippen molar-refractivity contribution in [3.63, 3.8) is 0 Å². The molecule has 1 amide bonds. The summed E-state index contributed by atoms with van der Waals surface area (Å²) in [7, 11) is 0. The van der Waals surface area contributed by atoms with Crippen molar-refractivity contribution in [2.75, 3.05) is 6.54 Å². The first-order valence-electron chi connectivity index (χ1n) is 11.0. The number of carbonyl (C=O) groups is 2. The van der Waals surface area contributed by atoms with Gasteiger partial charge in [0.15, 0.2) is 5.54 Å². The monoisotopic (exact) mass is 437 g/mol. The summed E-state index contributed by atoms with van der Waals surface area (Å²) in [5.41, 5.74) is 2.06. The van der Waals surface area contributed by atoms with Crippen LogP contribution in [-0.2, 0) is 15.1 Å². The third-order valence-corrected chi connectivity index (χ3v) is 6.54. The number of benzene rings is 1. The Bertz CT molecular complexity index is 1210. The molecule has 9 nitrogen and oxygen atoms in total. The van der Waals surface area contributed by atoms with Gasteiger partial charge < -0.3 is 19.7 Å². The van der Waals surface area contributed by atoms with Crippen LogP contribution in [0.2, 0.25) is 0 Å². The van der Waals surface area contributed by atoms with Crippen molar-refractivity contribution < 1.29 is 19.4 Å². The molecule has 2 fully saturated rings. The van der Waals surface area contributed by atoms with Gasteiger partial charge in [0.2, 0.25) is 5.91 Å². The standard InChI is InChI=1S/C23H27N5O4/c1-13(15-10-20(29)24-11-15)32-19-9-14(8-18-21(19)27(12-25-18)16-4-5-16)17-6-7-28(26-17)23(2,3)22(30)31/h6-9,12-13,15-16H,4-5,10-11H2,1-3H3,(H,24,29)(H,30,31)/t13-,15?/m1/s1. The van der Waals surface area contributed by atoms with Gasteiger partial charge in [0, 0.05) is 36.7 Å². The van der Waals surface area contributed by atoms with E-state index >= 15 is 0 Å². The lowest BCUT2D eigenvalue weighted by atomic mass is 10.0. The maximum atomic E-state index is 11.7. The summed E-state index contributed by atoms with van der Waals surface area (Å²) < 4.78 is 10.1. The Labute approximate surface area is 185 Å². The molecule has 3 heterocycles. The topological polar surface area (TPSA) is 111 Å². The fourth-order valence-electron chi connectivity index (χ4n) is 4.14. The predicted molar refractivity (Wildman–Crippen MR) is 117 cm³/mol. The Kier molecular flexibility index (Phi) is 4.72. The van der Waals surface area contributed by atoms with E-state index in [4.69, 9.17) is 4.74 Å². The van der Waals surface area contributed by atoms with Crippen molar-refractivity contribution in [2.45, 2.75) is 57.7 Å². The highest BCUT2D eigenvalue weighted by Gasteiger charge is 2.32. The largest absolute Gasteiger partial charge is 0.488 e. The number of carbonyl (C=O) groups excluding carboxylic acids is 1. The lowest BCUT2D eigenvalue weighted by Gasteiger charge is -2.21. The lowest BCUT2D eigenvalue weighted by Crippen LogP contribution is -2.36. The van der Waals surface area contributed by atoms with Crippen molar-refractivity contribution in [2.24, 2.45) is 5.92 Å². The third-order valence-electron chi connectivity index (χ3n) is 6.54. The molecule has 5 rings (SSSR count). The van der Waals surface area contributed by atoms with Crippen molar-refractivity contribution in [1.29, 1.82) is 0 Å². The number of fused-ring (bicyclic) bond motifs is 1. The molecule has 0 spiro atoms. The van der Waals surface area contributed by atoms with Crippen LogP contribution in [0.4, 0.5) is 0 Å². The van der Waals surface area contributed by atoms with Crippen LogP contribution in [-0.4, -0.2) is 49.0 Å². The van der Waals surface area contributed by atoms with Crippen LogP contribution < -0.4 is 10.1 Å². The van der Waals surface area contributed by atoms with Crippen LogP contribution in [0, 0.1) is 5.92 Å². The average molecular weight is 438 g/mol. The zero-order valence-electron chi connectivity index (χ0n) is 18.4. The maximum Gasteiger partial charge on any atom is 0.331 e. The van der Waals surface area contributed by atoms with Crippen molar-refractivity contribution >= 4 is 22.9 Å². The van der Waals surface area contributed by atoms with Crippen molar-refractivity contribution in [3.8, 4) is 17.0 Å². The highest BCUT2D eigenvalue weighted by molar-refractivity contribution is 5.88. The quantitative estimate of drug-likeness (QED) is 0.588. The number of nitrogens with one attached hydrogen (secondary N) is 1. The number of aromatic nitrogens is 4. The Morgan fingerprint density at radius 3 is 2.78 bits per heavy atom. The highest BCUT2D eigenvalue weighted by atomic mass is 16.5. The zero-order chi connectivity index (χ0) is 22.6. The number of carboxylic acid groups (broad SMARTS) is 1. The van der Waals surface area contributed by atoms with Gasteiger partial charge in [-0.2, -0.15) is 5.10 Å². The van der Waals surface area contributed by atoms with E-state index in [0.717, 1.165) is 29.4 Å². The van der Waals surface area contributed by atoms with Crippen LogP contribution in [0.15, 0.2) is 30.7 Å². The molecule has 2 aromatic heterocycles. The number of ether oxygens (including phenoxy) is 1. The summed E-state index contributed by atoms with van der Waals surface area (Å²) in [6.07, 6.45) is 6.08. The zero-order valence-corrected chi connectivity index (χ0v) is 18.4. The van der Waals surface area contributed by atoms with Gasteiger partial charge >= 0.3 is 5.97 Å². The van der Waals surface area contributed by atoms with Gasteiger partial charge in [-0.25, -0.2) is 9.78 Å². The number of nitrogens with zero attached hydrogens (tertiary/aromatic N) is 4. The molecule has 2 N–H and O–H groups in total. The molecule has 0 radical (unpaired) electrons. The second kappa shape index (κ2) is 7.36. The summed E-state index contributed by atoms with van der Waals surface area (Å²) in [5.74, 6) is -0.0860. The maximum absolute atomic E-state index is 11.7. The molecule has 1 saturated carbocycles. The van der Waals surface area contributed by atoms with E-state index in [-0.39, 0.29) is 17.9 Å². The Morgan fingerprint density at radius 1 is 1.34 bits per heavy atom. The molecule has 32 heavy (non-hydrogen) atoms. The van der Waals surface area contributed by atoms with Crippen LogP contribution in [0.25, 0.3) is 22.3 Å². The highest BCUT2D eigenvalue weighted by Crippen LogP contribution is 2.41. The van der Waals surface area contributed by atoms with Crippen molar-refractivity contribution in [3.05, 3.63) is 30.7 Å². The average Bonchev–Trinajstić information content (AvgIpc) is 3.15. The van der Waals surface area contributed by atoms with Gasteiger partial charge in [0.05, 0.1) is 17.5 Å². The van der Waals surface area contributed by atoms with E-state index in [0.29, 0.717) is 30.5 Å². The summed E-state index contributed by atoms with van der Waals surface area (Å²) in [6, 6.07) is 6.15.